The van der Waals surface area contributed by atoms with Crippen LogP contribution in [0.5, 0.6) is 5.75 Å². The number of nitrogens with one attached hydrogen (secondary N) is 1. The van der Waals surface area contributed by atoms with Gasteiger partial charge in [0.25, 0.3) is 5.89 Å². The summed E-state index contributed by atoms with van der Waals surface area (Å²) in [5.74, 6) is 0.0562. The molecule has 1 aromatic heterocycles. The summed E-state index contributed by atoms with van der Waals surface area (Å²) in [7, 11) is 0. The van der Waals surface area contributed by atoms with Gasteiger partial charge in [-0.1, -0.05) is 16.8 Å². The highest BCUT2D eigenvalue weighted by molar-refractivity contribution is 6.32. The van der Waals surface area contributed by atoms with Gasteiger partial charge in [-0.15, -0.1) is 0 Å². The van der Waals surface area contributed by atoms with Crippen LogP contribution in [0, 0.1) is 17.2 Å². The minimum Gasteiger partial charge on any atom is -0.489 e. The molecular formula is C24H23ClN4O4. The van der Waals surface area contributed by atoms with Crippen LogP contribution in [0.4, 0.5) is 5.69 Å². The normalized spacial score (nSPS) is 17.7. The number of nitriles is 1. The molecule has 0 saturated heterocycles. The van der Waals surface area contributed by atoms with E-state index in [2.05, 4.69) is 21.5 Å². The van der Waals surface area contributed by atoms with Crippen LogP contribution in [0.15, 0.2) is 40.9 Å². The first-order chi connectivity index (χ1) is 15.8. The van der Waals surface area contributed by atoms with E-state index in [4.69, 9.17) is 20.9 Å². The predicted octanol–water partition coefficient (Wildman–Crippen LogP) is 5.38. The number of hydrogen-bond acceptors (Lipinski definition) is 7. The van der Waals surface area contributed by atoms with Crippen LogP contribution in [-0.4, -0.2) is 33.4 Å². The number of carbonyl (C=O) groups is 1. The fourth-order valence-electron chi connectivity index (χ4n) is 3.93. The van der Waals surface area contributed by atoms with Crippen molar-refractivity contribution in [1.29, 1.82) is 5.26 Å². The summed E-state index contributed by atoms with van der Waals surface area (Å²) >= 11 is 6.31. The highest BCUT2D eigenvalue weighted by Crippen LogP contribution is 2.33. The van der Waals surface area contributed by atoms with E-state index in [1.807, 2.05) is 19.9 Å². The maximum atomic E-state index is 11.2. The number of nitrogens with zero attached hydrogens (tertiary/aromatic N) is 3. The number of halogens is 1. The van der Waals surface area contributed by atoms with E-state index in [1.54, 1.807) is 30.3 Å². The minimum absolute atomic E-state index is 0.000687. The predicted molar refractivity (Wildman–Crippen MR) is 123 cm³/mol. The molecule has 1 fully saturated rings. The second-order valence-electron chi connectivity index (χ2n) is 8.30. The summed E-state index contributed by atoms with van der Waals surface area (Å²) in [4.78, 5) is 15.6. The number of benzene rings is 2. The molecule has 2 atom stereocenters. The summed E-state index contributed by atoms with van der Waals surface area (Å²) < 4.78 is 11.1. The van der Waals surface area contributed by atoms with Crippen LogP contribution in [0.2, 0.25) is 5.02 Å². The maximum absolute atomic E-state index is 11.2. The Balaban J connectivity index is 1.53. The number of hydrogen-bond donors (Lipinski definition) is 2. The molecule has 0 radical (unpaired) electrons. The summed E-state index contributed by atoms with van der Waals surface area (Å²) in [6, 6.07) is 12.8. The first-order valence-electron chi connectivity index (χ1n) is 10.7. The average Bonchev–Trinajstić information content (AvgIpc) is 3.45. The lowest BCUT2D eigenvalue weighted by Crippen LogP contribution is -2.17. The Labute approximate surface area is 196 Å². The molecule has 0 amide bonds. The minimum atomic E-state index is -0.761. The lowest BCUT2D eigenvalue weighted by atomic mass is 10.1. The van der Waals surface area contributed by atoms with Gasteiger partial charge < -0.3 is 19.7 Å². The lowest BCUT2D eigenvalue weighted by Gasteiger charge is -2.14. The molecule has 2 unspecified atom stereocenters. The largest absolute Gasteiger partial charge is 0.489 e. The van der Waals surface area contributed by atoms with Crippen molar-refractivity contribution in [1.82, 2.24) is 10.1 Å². The quantitative estimate of drug-likeness (QED) is 0.475. The van der Waals surface area contributed by atoms with E-state index in [9.17, 15) is 15.2 Å². The molecule has 0 bridgehead atoms. The molecule has 2 aromatic carbocycles. The van der Waals surface area contributed by atoms with Gasteiger partial charge in [0.1, 0.15) is 11.8 Å². The fourth-order valence-corrected chi connectivity index (χ4v) is 4.15. The molecule has 1 heterocycles. The lowest BCUT2D eigenvalue weighted by molar-refractivity contribution is -0.141. The van der Waals surface area contributed by atoms with E-state index < -0.39 is 5.97 Å². The standard InChI is InChI=1S/C24H23ClN4O4/c1-13(2)32-21-8-4-14(11-20(21)25)22-28-23(33-29-22)19-7-6-18(10-16(19)12-26)27-17-5-3-15(9-17)24(30)31/h4,6-8,10-11,13,15,17,27H,3,5,9H2,1-2H3,(H,30,31). The highest BCUT2D eigenvalue weighted by Gasteiger charge is 2.29. The van der Waals surface area contributed by atoms with Gasteiger partial charge in [0.15, 0.2) is 0 Å². The number of rotatable bonds is 7. The molecule has 3 aromatic rings. The SMILES string of the molecule is CC(C)Oc1ccc(-c2noc(-c3ccc(NC4CCC(C(=O)O)C4)cc3C#N)n2)cc1Cl. The smallest absolute Gasteiger partial charge is 0.306 e. The molecule has 2 N–H and O–H groups in total. The third-order valence-electron chi connectivity index (χ3n) is 5.50. The van der Waals surface area contributed by atoms with E-state index in [0.29, 0.717) is 46.1 Å². The first-order valence-corrected chi connectivity index (χ1v) is 11.1. The molecular weight excluding hydrogens is 444 g/mol. The number of carboxylic acid groups (broad SMARTS) is 1. The summed E-state index contributed by atoms with van der Waals surface area (Å²) in [6.07, 6.45) is 1.99. The summed E-state index contributed by atoms with van der Waals surface area (Å²) in [5.41, 5.74) is 2.31. The number of aromatic nitrogens is 2. The molecule has 33 heavy (non-hydrogen) atoms. The zero-order valence-electron chi connectivity index (χ0n) is 18.2. The topological polar surface area (TPSA) is 121 Å². The van der Waals surface area contributed by atoms with Crippen LogP contribution < -0.4 is 10.1 Å². The molecule has 1 aliphatic carbocycles. The van der Waals surface area contributed by atoms with Gasteiger partial charge in [0.2, 0.25) is 5.82 Å². The van der Waals surface area contributed by atoms with Crippen LogP contribution >= 0.6 is 11.6 Å². The maximum Gasteiger partial charge on any atom is 0.306 e. The van der Waals surface area contributed by atoms with Crippen LogP contribution in [0.1, 0.15) is 38.7 Å². The van der Waals surface area contributed by atoms with Crippen molar-refractivity contribution in [3.8, 4) is 34.7 Å². The molecule has 170 valence electrons. The van der Waals surface area contributed by atoms with Gasteiger partial charge in [0, 0.05) is 17.3 Å². The molecule has 8 nitrogen and oxygen atoms in total. The number of aliphatic carboxylic acids is 1. The van der Waals surface area contributed by atoms with Crippen LogP contribution in [-0.2, 0) is 4.79 Å². The molecule has 4 rings (SSSR count). The molecule has 1 aliphatic rings. The van der Waals surface area contributed by atoms with Crippen molar-refractivity contribution in [2.24, 2.45) is 5.92 Å². The average molecular weight is 467 g/mol. The van der Waals surface area contributed by atoms with Crippen molar-refractivity contribution < 1.29 is 19.2 Å². The van der Waals surface area contributed by atoms with Crippen molar-refractivity contribution in [2.75, 3.05) is 5.32 Å². The van der Waals surface area contributed by atoms with Crippen molar-refractivity contribution in [3.63, 3.8) is 0 Å². The third kappa shape index (κ3) is 5.10. The van der Waals surface area contributed by atoms with Gasteiger partial charge in [-0.05, 0) is 69.5 Å². The zero-order valence-corrected chi connectivity index (χ0v) is 19.0. The highest BCUT2D eigenvalue weighted by atomic mass is 35.5. The summed E-state index contributed by atoms with van der Waals surface area (Å²) in [5, 5.41) is 26.7. The van der Waals surface area contributed by atoms with E-state index in [0.717, 1.165) is 12.1 Å². The Kier molecular flexibility index (Phi) is 6.52. The molecule has 0 spiro atoms. The van der Waals surface area contributed by atoms with E-state index in [-0.39, 0.29) is 24.0 Å². The molecule has 0 aliphatic heterocycles. The van der Waals surface area contributed by atoms with Crippen molar-refractivity contribution in [2.45, 2.75) is 45.3 Å². The molecule has 1 saturated carbocycles. The van der Waals surface area contributed by atoms with Gasteiger partial charge in [-0.25, -0.2) is 0 Å². The Hall–Kier alpha value is -3.57. The molecule has 9 heteroatoms. The second-order valence-corrected chi connectivity index (χ2v) is 8.70. The van der Waals surface area contributed by atoms with Crippen molar-refractivity contribution in [3.05, 3.63) is 47.0 Å². The second kappa shape index (κ2) is 9.51. The Morgan fingerprint density at radius 2 is 2.12 bits per heavy atom. The Bertz CT molecular complexity index is 1220. The van der Waals surface area contributed by atoms with Crippen LogP contribution in [0.25, 0.3) is 22.8 Å². The fraction of sp³-hybridized carbons (Fsp3) is 0.333. The summed E-state index contributed by atoms with van der Waals surface area (Å²) in [6.45, 7) is 3.84. The first kappa shape index (κ1) is 22.6. The number of anilines is 1. The zero-order chi connectivity index (χ0) is 23.5. The van der Waals surface area contributed by atoms with Gasteiger partial charge in [-0.3, -0.25) is 4.79 Å². The van der Waals surface area contributed by atoms with Gasteiger partial charge in [0.05, 0.1) is 28.2 Å². The Morgan fingerprint density at radius 3 is 2.79 bits per heavy atom. The Morgan fingerprint density at radius 1 is 1.30 bits per heavy atom. The number of carboxylic acids is 1. The van der Waals surface area contributed by atoms with Gasteiger partial charge in [-0.2, -0.15) is 10.2 Å². The monoisotopic (exact) mass is 466 g/mol. The van der Waals surface area contributed by atoms with Crippen LogP contribution in [0.3, 0.4) is 0 Å². The van der Waals surface area contributed by atoms with E-state index >= 15 is 0 Å². The third-order valence-corrected chi connectivity index (χ3v) is 5.80. The number of ether oxygens (including phenoxy) is 1. The van der Waals surface area contributed by atoms with Gasteiger partial charge >= 0.3 is 5.97 Å². The van der Waals surface area contributed by atoms with Crippen molar-refractivity contribution >= 4 is 23.3 Å². The van der Waals surface area contributed by atoms with E-state index in [1.165, 1.54) is 0 Å².